The van der Waals surface area contributed by atoms with Crippen molar-refractivity contribution in [2.45, 2.75) is 13.8 Å². The van der Waals surface area contributed by atoms with Gasteiger partial charge in [-0.1, -0.05) is 24.3 Å². The maximum atomic E-state index is 13.8. The van der Waals surface area contributed by atoms with E-state index in [2.05, 4.69) is 14.9 Å². The molecular formula is C26H24FN5O2. The van der Waals surface area contributed by atoms with Crippen molar-refractivity contribution in [2.75, 3.05) is 36.0 Å². The molecule has 0 spiro atoms. The van der Waals surface area contributed by atoms with Crippen molar-refractivity contribution in [3.8, 4) is 0 Å². The van der Waals surface area contributed by atoms with Gasteiger partial charge in [0.2, 0.25) is 5.95 Å². The van der Waals surface area contributed by atoms with E-state index < -0.39 is 11.7 Å². The maximum absolute atomic E-state index is 13.8. The van der Waals surface area contributed by atoms with E-state index in [1.807, 2.05) is 36.9 Å². The number of carbonyl (C=O) groups is 2. The molecule has 34 heavy (non-hydrogen) atoms. The molecule has 1 fully saturated rings. The number of anilines is 2. The molecule has 172 valence electrons. The summed E-state index contributed by atoms with van der Waals surface area (Å²) in [6.45, 7) is 6.07. The van der Waals surface area contributed by atoms with Gasteiger partial charge in [0, 0.05) is 38.6 Å². The van der Waals surface area contributed by atoms with Crippen LogP contribution in [0.5, 0.6) is 0 Å². The van der Waals surface area contributed by atoms with Crippen molar-refractivity contribution in [3.05, 3.63) is 89.1 Å². The summed E-state index contributed by atoms with van der Waals surface area (Å²) in [6, 6.07) is 13.2. The molecule has 2 aliphatic rings. The zero-order valence-electron chi connectivity index (χ0n) is 19.0. The number of halogens is 1. The molecule has 1 saturated heterocycles. The molecule has 5 rings (SSSR count). The highest BCUT2D eigenvalue weighted by molar-refractivity contribution is 6.45. The van der Waals surface area contributed by atoms with Gasteiger partial charge >= 0.3 is 0 Å². The largest absolute Gasteiger partial charge is 0.363 e. The molecule has 3 heterocycles. The van der Waals surface area contributed by atoms with Gasteiger partial charge in [0.25, 0.3) is 11.8 Å². The fourth-order valence-electron chi connectivity index (χ4n) is 4.45. The lowest BCUT2D eigenvalue weighted by Crippen LogP contribution is -2.48. The molecule has 0 bridgehead atoms. The van der Waals surface area contributed by atoms with Crippen LogP contribution in [0.3, 0.4) is 0 Å². The van der Waals surface area contributed by atoms with Gasteiger partial charge in [0.1, 0.15) is 11.5 Å². The molecule has 0 radical (unpaired) electrons. The first kappa shape index (κ1) is 21.8. The van der Waals surface area contributed by atoms with Crippen molar-refractivity contribution in [3.63, 3.8) is 0 Å². The Morgan fingerprint density at radius 3 is 2.15 bits per heavy atom. The van der Waals surface area contributed by atoms with Gasteiger partial charge in [-0.15, -0.1) is 0 Å². The highest BCUT2D eigenvalue weighted by atomic mass is 19.1. The Balaban J connectivity index is 1.53. The number of hydrogen-bond acceptors (Lipinski definition) is 6. The van der Waals surface area contributed by atoms with E-state index >= 15 is 0 Å². The third-order valence-corrected chi connectivity index (χ3v) is 6.23. The lowest BCUT2D eigenvalue weighted by atomic mass is 10.0. The molecule has 2 aromatic carbocycles. The normalized spacial score (nSPS) is 16.6. The highest BCUT2D eigenvalue weighted by Crippen LogP contribution is 2.37. The fourth-order valence-corrected chi connectivity index (χ4v) is 4.45. The molecule has 8 heteroatoms. The topological polar surface area (TPSA) is 69.6 Å². The zero-order valence-corrected chi connectivity index (χ0v) is 19.0. The van der Waals surface area contributed by atoms with Crippen molar-refractivity contribution in [1.29, 1.82) is 0 Å². The molecule has 3 aromatic rings. The average Bonchev–Trinajstić information content (AvgIpc) is 3.11. The number of imide groups is 1. The number of hydrogen-bond donors (Lipinski definition) is 0. The standard InChI is InChI=1S/C26H24FN5O2/c1-17-4-5-18(2)21(16-17)32-24(33)22(19-6-8-20(27)9-7-19)23(25(32)34)30-12-14-31(15-13-30)26-28-10-3-11-29-26/h3-11,16H,12-15H2,1-2H3. The monoisotopic (exact) mass is 457 g/mol. The van der Waals surface area contributed by atoms with Crippen LogP contribution in [0.15, 0.2) is 66.6 Å². The Morgan fingerprint density at radius 2 is 1.47 bits per heavy atom. The minimum absolute atomic E-state index is 0.301. The zero-order chi connectivity index (χ0) is 23.8. The summed E-state index contributed by atoms with van der Waals surface area (Å²) in [5.74, 6) is -0.511. The van der Waals surface area contributed by atoms with Crippen LogP contribution in [0.25, 0.3) is 5.57 Å². The number of piperazine rings is 1. The number of carbonyl (C=O) groups excluding carboxylic acids is 2. The molecule has 0 saturated carbocycles. The van der Waals surface area contributed by atoms with Crippen LogP contribution < -0.4 is 9.80 Å². The van der Waals surface area contributed by atoms with Gasteiger partial charge in [-0.3, -0.25) is 9.59 Å². The SMILES string of the molecule is Cc1ccc(C)c(N2C(=O)C(c3ccc(F)cc3)=C(N3CCN(c4ncccn4)CC3)C2=O)c1. The van der Waals surface area contributed by atoms with E-state index in [1.165, 1.54) is 17.0 Å². The Morgan fingerprint density at radius 1 is 0.824 bits per heavy atom. The summed E-state index contributed by atoms with van der Waals surface area (Å²) >= 11 is 0. The number of aryl methyl sites for hydroxylation is 2. The summed E-state index contributed by atoms with van der Waals surface area (Å²) in [4.78, 5) is 41.4. The molecule has 0 unspecified atom stereocenters. The average molecular weight is 458 g/mol. The lowest BCUT2D eigenvalue weighted by Gasteiger charge is -2.36. The molecule has 1 aromatic heterocycles. The van der Waals surface area contributed by atoms with E-state index in [0.29, 0.717) is 54.6 Å². The van der Waals surface area contributed by atoms with Crippen molar-refractivity contribution in [2.24, 2.45) is 0 Å². The van der Waals surface area contributed by atoms with Crippen LogP contribution in [0.2, 0.25) is 0 Å². The van der Waals surface area contributed by atoms with Crippen molar-refractivity contribution >= 4 is 29.0 Å². The second-order valence-electron chi connectivity index (χ2n) is 8.49. The first-order valence-corrected chi connectivity index (χ1v) is 11.2. The molecule has 7 nitrogen and oxygen atoms in total. The van der Waals surface area contributed by atoms with Gasteiger partial charge in [-0.05, 0) is 54.8 Å². The second-order valence-corrected chi connectivity index (χ2v) is 8.49. The Labute approximate surface area is 197 Å². The fraction of sp³-hybridized carbons (Fsp3) is 0.231. The van der Waals surface area contributed by atoms with Gasteiger partial charge in [0.05, 0.1) is 11.3 Å². The van der Waals surface area contributed by atoms with E-state index in [9.17, 15) is 14.0 Å². The molecule has 0 atom stereocenters. The van der Waals surface area contributed by atoms with Gasteiger partial charge in [-0.2, -0.15) is 0 Å². The predicted octanol–water partition coefficient (Wildman–Crippen LogP) is 3.34. The second kappa shape index (κ2) is 8.70. The van der Waals surface area contributed by atoms with Gasteiger partial charge < -0.3 is 9.80 Å². The minimum Gasteiger partial charge on any atom is -0.363 e. The summed E-state index contributed by atoms with van der Waals surface area (Å²) in [5.41, 5.74) is 3.53. The van der Waals surface area contributed by atoms with Crippen LogP contribution in [-0.2, 0) is 9.59 Å². The van der Waals surface area contributed by atoms with Crippen molar-refractivity contribution in [1.82, 2.24) is 14.9 Å². The first-order chi connectivity index (χ1) is 16.4. The number of nitrogens with zero attached hydrogens (tertiary/aromatic N) is 5. The minimum atomic E-state index is -0.398. The van der Waals surface area contributed by atoms with Crippen LogP contribution >= 0.6 is 0 Å². The van der Waals surface area contributed by atoms with Crippen LogP contribution in [-0.4, -0.2) is 52.9 Å². The number of rotatable bonds is 4. The molecule has 0 N–H and O–H groups in total. The van der Waals surface area contributed by atoms with Crippen molar-refractivity contribution < 1.29 is 14.0 Å². The summed E-state index contributed by atoms with van der Waals surface area (Å²) in [7, 11) is 0. The first-order valence-electron chi connectivity index (χ1n) is 11.2. The molecule has 0 aliphatic carbocycles. The predicted molar refractivity (Wildman–Crippen MR) is 128 cm³/mol. The van der Waals surface area contributed by atoms with E-state index in [-0.39, 0.29) is 5.91 Å². The quantitative estimate of drug-likeness (QED) is 0.560. The summed E-state index contributed by atoms with van der Waals surface area (Å²) < 4.78 is 13.6. The van der Waals surface area contributed by atoms with E-state index in [1.54, 1.807) is 30.6 Å². The van der Waals surface area contributed by atoms with Crippen LogP contribution in [0.4, 0.5) is 16.0 Å². The molecule has 2 amide bonds. The summed E-state index contributed by atoms with van der Waals surface area (Å²) in [5, 5.41) is 0. The molecule has 2 aliphatic heterocycles. The third-order valence-electron chi connectivity index (χ3n) is 6.23. The third kappa shape index (κ3) is 3.81. The van der Waals surface area contributed by atoms with E-state index in [0.717, 1.165) is 11.1 Å². The Bertz CT molecular complexity index is 1280. The Kier molecular flexibility index (Phi) is 5.57. The lowest BCUT2D eigenvalue weighted by molar-refractivity contribution is -0.120. The van der Waals surface area contributed by atoms with E-state index in [4.69, 9.17) is 0 Å². The number of benzene rings is 2. The number of aromatic nitrogens is 2. The van der Waals surface area contributed by atoms with Gasteiger partial charge in [0.15, 0.2) is 0 Å². The smallest absolute Gasteiger partial charge is 0.282 e. The molecular weight excluding hydrogens is 433 g/mol. The maximum Gasteiger partial charge on any atom is 0.282 e. The van der Waals surface area contributed by atoms with Crippen LogP contribution in [0, 0.1) is 19.7 Å². The highest BCUT2D eigenvalue weighted by Gasteiger charge is 2.43. The van der Waals surface area contributed by atoms with Crippen LogP contribution in [0.1, 0.15) is 16.7 Å². The van der Waals surface area contributed by atoms with Gasteiger partial charge in [-0.25, -0.2) is 19.3 Å². The Hall–Kier alpha value is -4.07. The summed E-state index contributed by atoms with van der Waals surface area (Å²) in [6.07, 6.45) is 3.40. The number of amides is 2.